The van der Waals surface area contributed by atoms with Crippen molar-refractivity contribution < 1.29 is 14.3 Å². The van der Waals surface area contributed by atoms with E-state index in [4.69, 9.17) is 5.11 Å². The summed E-state index contributed by atoms with van der Waals surface area (Å²) >= 11 is 0. The maximum absolute atomic E-state index is 13.4. The van der Waals surface area contributed by atoms with E-state index in [9.17, 15) is 9.18 Å². The van der Waals surface area contributed by atoms with Crippen molar-refractivity contribution in [3.05, 3.63) is 29.6 Å². The number of hydrogen-bond donors (Lipinski definition) is 2. The molecule has 1 rings (SSSR count). The van der Waals surface area contributed by atoms with Gasteiger partial charge in [0.25, 0.3) is 0 Å². The summed E-state index contributed by atoms with van der Waals surface area (Å²) < 4.78 is 13.4. The van der Waals surface area contributed by atoms with E-state index < -0.39 is 5.82 Å². The maximum Gasteiger partial charge on any atom is 0.224 e. The van der Waals surface area contributed by atoms with Crippen LogP contribution in [-0.4, -0.2) is 17.6 Å². The first-order valence-corrected chi connectivity index (χ1v) is 6.01. The Labute approximate surface area is 112 Å². The predicted octanol–water partition coefficient (Wildman–Crippen LogP) is 2.54. The lowest BCUT2D eigenvalue weighted by atomic mass is 9.92. The fourth-order valence-corrected chi connectivity index (χ4v) is 1.52. The standard InChI is InChI=1S/C15H18FNO2/c1-15(2,3)10-14(19)17-12-6-7-13(16)11(9-12)5-4-8-18/h6-7,9,18H,8,10H2,1-3H3,(H,17,19). The van der Waals surface area contributed by atoms with Crippen molar-refractivity contribution >= 4 is 11.6 Å². The van der Waals surface area contributed by atoms with Crippen molar-refractivity contribution in [3.63, 3.8) is 0 Å². The van der Waals surface area contributed by atoms with Gasteiger partial charge in [-0.2, -0.15) is 0 Å². The number of aliphatic hydroxyl groups excluding tert-OH is 1. The van der Waals surface area contributed by atoms with E-state index in [0.29, 0.717) is 12.1 Å². The summed E-state index contributed by atoms with van der Waals surface area (Å²) in [6.45, 7) is 5.57. The Morgan fingerprint density at radius 1 is 1.42 bits per heavy atom. The molecule has 1 aromatic rings. The smallest absolute Gasteiger partial charge is 0.224 e. The molecular weight excluding hydrogens is 245 g/mol. The van der Waals surface area contributed by atoms with E-state index in [1.54, 1.807) is 0 Å². The summed E-state index contributed by atoms with van der Waals surface area (Å²) in [4.78, 5) is 11.8. The number of rotatable bonds is 2. The van der Waals surface area contributed by atoms with Gasteiger partial charge in [-0.15, -0.1) is 0 Å². The lowest BCUT2D eigenvalue weighted by Crippen LogP contribution is -2.19. The van der Waals surface area contributed by atoms with E-state index in [1.807, 2.05) is 20.8 Å². The fourth-order valence-electron chi connectivity index (χ4n) is 1.52. The summed E-state index contributed by atoms with van der Waals surface area (Å²) in [5.74, 6) is 4.27. The highest BCUT2D eigenvalue weighted by molar-refractivity contribution is 5.91. The lowest BCUT2D eigenvalue weighted by molar-refractivity contribution is -0.117. The van der Waals surface area contributed by atoms with Crippen LogP contribution in [-0.2, 0) is 4.79 Å². The van der Waals surface area contributed by atoms with Crippen LogP contribution in [0.15, 0.2) is 18.2 Å². The first kappa shape index (κ1) is 15.2. The predicted molar refractivity (Wildman–Crippen MR) is 73.1 cm³/mol. The molecule has 0 bridgehead atoms. The first-order chi connectivity index (χ1) is 8.81. The summed E-state index contributed by atoms with van der Waals surface area (Å²) in [6, 6.07) is 4.19. The summed E-state index contributed by atoms with van der Waals surface area (Å²) in [6.07, 6.45) is 0.377. The number of carbonyl (C=O) groups is 1. The van der Waals surface area contributed by atoms with Crippen LogP contribution in [0.3, 0.4) is 0 Å². The molecule has 0 fully saturated rings. The molecule has 0 unspecified atom stereocenters. The molecule has 0 spiro atoms. The number of aliphatic hydroxyl groups is 1. The molecular formula is C15H18FNO2. The van der Waals surface area contributed by atoms with Crippen LogP contribution in [0.1, 0.15) is 32.8 Å². The Bertz CT molecular complexity index is 521. The largest absolute Gasteiger partial charge is 0.384 e. The number of anilines is 1. The van der Waals surface area contributed by atoms with E-state index in [2.05, 4.69) is 17.2 Å². The van der Waals surface area contributed by atoms with Gasteiger partial charge in [0.15, 0.2) is 0 Å². The van der Waals surface area contributed by atoms with Crippen LogP contribution in [0.4, 0.5) is 10.1 Å². The SMILES string of the molecule is CC(C)(C)CC(=O)Nc1ccc(F)c(C#CCO)c1. The molecule has 0 heterocycles. The van der Waals surface area contributed by atoms with Crippen LogP contribution in [0.2, 0.25) is 0 Å². The normalized spacial score (nSPS) is 10.6. The molecule has 3 nitrogen and oxygen atoms in total. The topological polar surface area (TPSA) is 49.3 Å². The van der Waals surface area contributed by atoms with Gasteiger partial charge in [-0.3, -0.25) is 4.79 Å². The second kappa shape index (κ2) is 6.35. The summed E-state index contributed by atoms with van der Waals surface area (Å²) in [5.41, 5.74) is 0.546. The Hall–Kier alpha value is -1.86. The third kappa shape index (κ3) is 5.54. The van der Waals surface area contributed by atoms with Crippen molar-refractivity contribution in [3.8, 4) is 11.8 Å². The number of hydrogen-bond acceptors (Lipinski definition) is 2. The molecule has 0 saturated carbocycles. The Morgan fingerprint density at radius 2 is 2.11 bits per heavy atom. The number of carbonyl (C=O) groups excluding carboxylic acids is 1. The van der Waals surface area contributed by atoms with Gasteiger partial charge in [-0.25, -0.2) is 4.39 Å². The maximum atomic E-state index is 13.4. The zero-order valence-corrected chi connectivity index (χ0v) is 11.4. The molecule has 19 heavy (non-hydrogen) atoms. The number of halogens is 1. The van der Waals surface area contributed by atoms with Gasteiger partial charge >= 0.3 is 0 Å². The van der Waals surface area contributed by atoms with Gasteiger partial charge in [0.05, 0.1) is 5.56 Å². The molecule has 0 radical (unpaired) electrons. The number of nitrogens with one attached hydrogen (secondary N) is 1. The van der Waals surface area contributed by atoms with Crippen molar-refractivity contribution in [1.82, 2.24) is 0 Å². The van der Waals surface area contributed by atoms with Crippen molar-refractivity contribution in [2.45, 2.75) is 27.2 Å². The minimum absolute atomic E-state index is 0.108. The highest BCUT2D eigenvalue weighted by Crippen LogP contribution is 2.20. The second-order valence-corrected chi connectivity index (χ2v) is 5.44. The van der Waals surface area contributed by atoms with Gasteiger partial charge < -0.3 is 10.4 Å². The van der Waals surface area contributed by atoms with Gasteiger partial charge in [0.2, 0.25) is 5.91 Å². The van der Waals surface area contributed by atoms with Crippen LogP contribution >= 0.6 is 0 Å². The van der Waals surface area contributed by atoms with Crippen LogP contribution in [0.5, 0.6) is 0 Å². The van der Waals surface area contributed by atoms with Gasteiger partial charge in [0.1, 0.15) is 12.4 Å². The van der Waals surface area contributed by atoms with E-state index >= 15 is 0 Å². The van der Waals surface area contributed by atoms with Crippen LogP contribution in [0, 0.1) is 23.1 Å². The van der Waals surface area contributed by atoms with Crippen molar-refractivity contribution in [2.75, 3.05) is 11.9 Å². The molecule has 0 aliphatic heterocycles. The first-order valence-electron chi connectivity index (χ1n) is 6.01. The molecule has 4 heteroatoms. The second-order valence-electron chi connectivity index (χ2n) is 5.44. The number of benzene rings is 1. The molecule has 0 aliphatic rings. The van der Waals surface area contributed by atoms with Crippen molar-refractivity contribution in [2.24, 2.45) is 5.41 Å². The average molecular weight is 263 g/mol. The van der Waals surface area contributed by atoms with E-state index in [1.165, 1.54) is 18.2 Å². The van der Waals surface area contributed by atoms with Gasteiger partial charge in [0, 0.05) is 12.1 Å². The highest BCUT2D eigenvalue weighted by atomic mass is 19.1. The molecule has 0 aromatic heterocycles. The lowest BCUT2D eigenvalue weighted by Gasteiger charge is -2.17. The quantitative estimate of drug-likeness (QED) is 0.806. The van der Waals surface area contributed by atoms with Gasteiger partial charge in [-0.1, -0.05) is 32.6 Å². The molecule has 0 atom stereocenters. The number of amides is 1. The average Bonchev–Trinajstić information content (AvgIpc) is 2.27. The van der Waals surface area contributed by atoms with Gasteiger partial charge in [-0.05, 0) is 23.6 Å². The Morgan fingerprint density at radius 3 is 2.68 bits per heavy atom. The van der Waals surface area contributed by atoms with Crippen LogP contribution < -0.4 is 5.32 Å². The molecule has 1 aromatic carbocycles. The van der Waals surface area contributed by atoms with E-state index in [0.717, 1.165) is 0 Å². The summed E-state index contributed by atoms with van der Waals surface area (Å²) in [5, 5.41) is 11.3. The zero-order valence-electron chi connectivity index (χ0n) is 11.4. The Balaban J connectivity index is 2.83. The van der Waals surface area contributed by atoms with Crippen LogP contribution in [0.25, 0.3) is 0 Å². The fraction of sp³-hybridized carbons (Fsp3) is 0.400. The molecule has 0 aliphatic carbocycles. The molecule has 2 N–H and O–H groups in total. The zero-order chi connectivity index (χ0) is 14.5. The highest BCUT2D eigenvalue weighted by Gasteiger charge is 2.16. The third-order valence-corrected chi connectivity index (χ3v) is 2.24. The molecule has 0 saturated heterocycles. The molecule has 102 valence electrons. The Kier molecular flexibility index (Phi) is 5.08. The van der Waals surface area contributed by atoms with E-state index in [-0.39, 0.29) is 23.5 Å². The monoisotopic (exact) mass is 263 g/mol. The van der Waals surface area contributed by atoms with Crippen molar-refractivity contribution in [1.29, 1.82) is 0 Å². The minimum Gasteiger partial charge on any atom is -0.384 e. The third-order valence-electron chi connectivity index (χ3n) is 2.24. The summed E-state index contributed by atoms with van der Waals surface area (Å²) in [7, 11) is 0. The molecule has 1 amide bonds. The minimum atomic E-state index is -0.477.